The molecule has 1 aromatic carbocycles. The first-order valence-electron chi connectivity index (χ1n) is 6.62. The Morgan fingerprint density at radius 3 is 2.82 bits per heavy atom. The minimum Gasteiger partial charge on any atom is -0.352 e. The summed E-state index contributed by atoms with van der Waals surface area (Å²) in [4.78, 5) is 17.2. The molecular weight excluding hydrogens is 322 g/mol. The quantitative estimate of drug-likeness (QED) is 0.776. The molecule has 5 nitrogen and oxygen atoms in total. The fourth-order valence-electron chi connectivity index (χ4n) is 1.85. The molecule has 0 fully saturated rings. The molecule has 0 saturated heterocycles. The van der Waals surface area contributed by atoms with Crippen molar-refractivity contribution in [3.05, 3.63) is 58.3 Å². The van der Waals surface area contributed by atoms with Crippen molar-refractivity contribution in [1.29, 1.82) is 0 Å². The molecule has 0 radical (unpaired) electrons. The maximum Gasteiger partial charge on any atom is 0.251 e. The van der Waals surface area contributed by atoms with Crippen LogP contribution >= 0.6 is 22.9 Å². The van der Waals surface area contributed by atoms with Gasteiger partial charge in [0, 0.05) is 23.6 Å². The standard InChI is InChI=1S/C15H12ClN3O2S/c16-11-5-3-10(4-6-11)15(20)17-8-7-13-18-14(19-21-13)12-2-1-9-22-12/h1-6,9H,7-8H2,(H,17,20). The van der Waals surface area contributed by atoms with Crippen molar-refractivity contribution in [2.24, 2.45) is 0 Å². The van der Waals surface area contributed by atoms with Crippen LogP contribution in [0.25, 0.3) is 10.7 Å². The van der Waals surface area contributed by atoms with Gasteiger partial charge in [0.1, 0.15) is 0 Å². The zero-order valence-electron chi connectivity index (χ0n) is 11.5. The summed E-state index contributed by atoms with van der Waals surface area (Å²) in [6.07, 6.45) is 0.484. The number of hydrogen-bond donors (Lipinski definition) is 1. The fourth-order valence-corrected chi connectivity index (χ4v) is 2.62. The third-order valence-corrected chi connectivity index (χ3v) is 4.06. The van der Waals surface area contributed by atoms with Crippen LogP contribution in [-0.4, -0.2) is 22.6 Å². The number of nitrogens with zero attached hydrogens (tertiary/aromatic N) is 2. The van der Waals surface area contributed by atoms with Gasteiger partial charge in [0.25, 0.3) is 5.91 Å². The van der Waals surface area contributed by atoms with Gasteiger partial charge in [-0.3, -0.25) is 4.79 Å². The highest BCUT2D eigenvalue weighted by Gasteiger charge is 2.10. The lowest BCUT2D eigenvalue weighted by molar-refractivity contribution is 0.0953. The number of hydrogen-bond acceptors (Lipinski definition) is 5. The zero-order valence-corrected chi connectivity index (χ0v) is 13.0. The molecule has 0 unspecified atom stereocenters. The summed E-state index contributed by atoms with van der Waals surface area (Å²) in [6.45, 7) is 0.424. The van der Waals surface area contributed by atoms with Gasteiger partial charge in [-0.15, -0.1) is 11.3 Å². The number of aromatic nitrogens is 2. The minimum atomic E-state index is -0.158. The van der Waals surface area contributed by atoms with E-state index in [2.05, 4.69) is 15.5 Å². The van der Waals surface area contributed by atoms with Gasteiger partial charge in [-0.05, 0) is 35.7 Å². The number of thiophene rings is 1. The van der Waals surface area contributed by atoms with Gasteiger partial charge >= 0.3 is 0 Å². The van der Waals surface area contributed by atoms with Crippen LogP contribution in [0.15, 0.2) is 46.3 Å². The molecule has 3 rings (SSSR count). The Labute approximate surface area is 135 Å². The van der Waals surface area contributed by atoms with Crippen molar-refractivity contribution in [3.63, 3.8) is 0 Å². The second-order valence-electron chi connectivity index (χ2n) is 4.50. The molecule has 1 amide bonds. The van der Waals surface area contributed by atoms with Crippen molar-refractivity contribution < 1.29 is 9.32 Å². The number of rotatable bonds is 5. The van der Waals surface area contributed by atoms with Gasteiger partial charge in [0.15, 0.2) is 0 Å². The Morgan fingerprint density at radius 1 is 1.27 bits per heavy atom. The second kappa shape index (κ2) is 6.72. The largest absolute Gasteiger partial charge is 0.352 e. The Kier molecular flexibility index (Phi) is 4.50. The molecule has 2 aromatic heterocycles. The van der Waals surface area contributed by atoms with Crippen molar-refractivity contribution in [2.45, 2.75) is 6.42 Å². The third kappa shape index (κ3) is 3.52. The lowest BCUT2D eigenvalue weighted by Gasteiger charge is -2.03. The molecule has 2 heterocycles. The number of amides is 1. The highest BCUT2D eigenvalue weighted by Crippen LogP contribution is 2.21. The molecule has 0 atom stereocenters. The SMILES string of the molecule is O=C(NCCc1nc(-c2cccs2)no1)c1ccc(Cl)cc1. The molecule has 0 bridgehead atoms. The van der Waals surface area contributed by atoms with Crippen LogP contribution < -0.4 is 5.32 Å². The molecule has 112 valence electrons. The van der Waals surface area contributed by atoms with Crippen LogP contribution in [0.2, 0.25) is 5.02 Å². The second-order valence-corrected chi connectivity index (χ2v) is 5.89. The maximum absolute atomic E-state index is 11.9. The summed E-state index contributed by atoms with van der Waals surface area (Å²) < 4.78 is 5.17. The summed E-state index contributed by atoms with van der Waals surface area (Å²) in [5, 5.41) is 9.28. The van der Waals surface area contributed by atoms with E-state index in [1.54, 1.807) is 35.6 Å². The lowest BCUT2D eigenvalue weighted by Crippen LogP contribution is -2.25. The molecule has 0 aliphatic rings. The first-order valence-corrected chi connectivity index (χ1v) is 7.88. The van der Waals surface area contributed by atoms with Gasteiger partial charge in [-0.2, -0.15) is 4.98 Å². The van der Waals surface area contributed by atoms with E-state index < -0.39 is 0 Å². The van der Waals surface area contributed by atoms with Crippen LogP contribution in [0.1, 0.15) is 16.2 Å². The number of halogens is 1. The average molecular weight is 334 g/mol. The fraction of sp³-hybridized carbons (Fsp3) is 0.133. The normalized spacial score (nSPS) is 10.6. The lowest BCUT2D eigenvalue weighted by atomic mass is 10.2. The molecular formula is C15H12ClN3O2S. The van der Waals surface area contributed by atoms with Gasteiger partial charge in [-0.1, -0.05) is 22.8 Å². The number of nitrogens with one attached hydrogen (secondary N) is 1. The van der Waals surface area contributed by atoms with E-state index >= 15 is 0 Å². The molecule has 0 spiro atoms. The zero-order chi connectivity index (χ0) is 15.4. The Morgan fingerprint density at radius 2 is 2.09 bits per heavy atom. The van der Waals surface area contributed by atoms with Crippen molar-refractivity contribution in [1.82, 2.24) is 15.5 Å². The highest BCUT2D eigenvalue weighted by molar-refractivity contribution is 7.13. The molecule has 3 aromatic rings. The van der Waals surface area contributed by atoms with E-state index in [0.29, 0.717) is 35.3 Å². The van der Waals surface area contributed by atoms with E-state index in [0.717, 1.165) is 4.88 Å². The number of benzene rings is 1. The van der Waals surface area contributed by atoms with Crippen molar-refractivity contribution in [2.75, 3.05) is 6.54 Å². The van der Waals surface area contributed by atoms with Crippen molar-refractivity contribution in [3.8, 4) is 10.7 Å². The Balaban J connectivity index is 1.53. The molecule has 22 heavy (non-hydrogen) atoms. The van der Waals surface area contributed by atoms with Gasteiger partial charge < -0.3 is 9.84 Å². The smallest absolute Gasteiger partial charge is 0.251 e. The van der Waals surface area contributed by atoms with Gasteiger partial charge in [-0.25, -0.2) is 0 Å². The summed E-state index contributed by atoms with van der Waals surface area (Å²) in [5.74, 6) is 0.920. The molecule has 0 aliphatic carbocycles. The molecule has 0 aliphatic heterocycles. The summed E-state index contributed by atoms with van der Waals surface area (Å²) >= 11 is 7.34. The average Bonchev–Trinajstić information content (AvgIpc) is 3.19. The first-order chi connectivity index (χ1) is 10.7. The maximum atomic E-state index is 11.9. The Hall–Kier alpha value is -2.18. The van der Waals surface area contributed by atoms with E-state index in [9.17, 15) is 4.79 Å². The molecule has 1 N–H and O–H groups in total. The third-order valence-electron chi connectivity index (χ3n) is 2.94. The van der Waals surface area contributed by atoms with E-state index in [1.807, 2.05) is 17.5 Å². The van der Waals surface area contributed by atoms with E-state index in [4.69, 9.17) is 16.1 Å². The molecule has 7 heteroatoms. The summed E-state index contributed by atoms with van der Waals surface area (Å²) in [7, 11) is 0. The molecule has 0 saturated carbocycles. The van der Waals surface area contributed by atoms with Crippen LogP contribution in [-0.2, 0) is 6.42 Å². The Bertz CT molecular complexity index is 753. The van der Waals surface area contributed by atoms with Crippen LogP contribution in [0.3, 0.4) is 0 Å². The van der Waals surface area contributed by atoms with E-state index in [-0.39, 0.29) is 5.91 Å². The number of carbonyl (C=O) groups is 1. The first kappa shape index (κ1) is 14.7. The van der Waals surface area contributed by atoms with E-state index in [1.165, 1.54) is 0 Å². The predicted octanol–water partition coefficient (Wildman–Crippen LogP) is 3.42. The topological polar surface area (TPSA) is 68.0 Å². The minimum absolute atomic E-state index is 0.158. The monoisotopic (exact) mass is 333 g/mol. The number of carbonyl (C=O) groups excluding carboxylic acids is 1. The predicted molar refractivity (Wildman–Crippen MR) is 85.1 cm³/mol. The summed E-state index contributed by atoms with van der Waals surface area (Å²) in [6, 6.07) is 10.6. The highest BCUT2D eigenvalue weighted by atomic mass is 35.5. The van der Waals surface area contributed by atoms with Crippen LogP contribution in [0.5, 0.6) is 0 Å². The summed E-state index contributed by atoms with van der Waals surface area (Å²) in [5.41, 5.74) is 0.564. The van der Waals surface area contributed by atoms with Crippen molar-refractivity contribution >= 4 is 28.8 Å². The van der Waals surface area contributed by atoms with Crippen LogP contribution in [0.4, 0.5) is 0 Å². The van der Waals surface area contributed by atoms with Gasteiger partial charge in [0.05, 0.1) is 4.88 Å². The van der Waals surface area contributed by atoms with Crippen LogP contribution in [0, 0.1) is 0 Å². The van der Waals surface area contributed by atoms with Gasteiger partial charge in [0.2, 0.25) is 11.7 Å².